The molecule has 0 atom stereocenters. The van der Waals surface area contributed by atoms with Gasteiger partial charge in [0.1, 0.15) is 18.0 Å². The number of likely N-dealkylation sites (N-methyl/N-ethyl adjacent to an activating group) is 1. The quantitative estimate of drug-likeness (QED) is 0.567. The van der Waals surface area contributed by atoms with E-state index in [0.717, 1.165) is 0 Å². The molecule has 0 saturated heterocycles. The molecule has 0 radical (unpaired) electrons. The third kappa shape index (κ3) is 5.12. The lowest BCUT2D eigenvalue weighted by Gasteiger charge is -2.13. The predicted molar refractivity (Wildman–Crippen MR) is 82.9 cm³/mol. The summed E-state index contributed by atoms with van der Waals surface area (Å²) in [7, 11) is 4.65. The third-order valence-corrected chi connectivity index (χ3v) is 2.89. The van der Waals surface area contributed by atoms with Crippen LogP contribution >= 0.6 is 0 Å². The minimum Gasteiger partial charge on any atom is -0.497 e. The normalized spacial score (nSPS) is 10.4. The molecule has 0 spiro atoms. The molecule has 1 rings (SSSR count). The number of nitrogens with zero attached hydrogens (tertiary/aromatic N) is 1. The molecule has 1 aromatic rings. The first kappa shape index (κ1) is 17.6. The Balaban J connectivity index is 2.78. The number of ether oxygens (including phenoxy) is 3. The second-order valence-corrected chi connectivity index (χ2v) is 4.44. The van der Waals surface area contributed by atoms with E-state index in [1.165, 1.54) is 18.0 Å². The van der Waals surface area contributed by atoms with E-state index in [2.05, 4.69) is 0 Å². The summed E-state index contributed by atoms with van der Waals surface area (Å²) in [6, 6.07) is 5.28. The second-order valence-electron chi connectivity index (χ2n) is 4.44. The third-order valence-electron chi connectivity index (χ3n) is 2.89. The number of rotatable bonds is 7. The SMILES string of the molecule is CCOC(=O)CN(C)C(=O)/C=C/c1cc(OC)ccc1OC. The highest BCUT2D eigenvalue weighted by atomic mass is 16.5. The van der Waals surface area contributed by atoms with Crippen LogP contribution in [0, 0.1) is 0 Å². The van der Waals surface area contributed by atoms with Crippen molar-refractivity contribution in [2.75, 3.05) is 34.4 Å². The van der Waals surface area contributed by atoms with Crippen molar-refractivity contribution >= 4 is 18.0 Å². The van der Waals surface area contributed by atoms with Crippen molar-refractivity contribution in [3.63, 3.8) is 0 Å². The Morgan fingerprint density at radius 3 is 2.55 bits per heavy atom. The maximum Gasteiger partial charge on any atom is 0.325 e. The van der Waals surface area contributed by atoms with Gasteiger partial charge in [-0.25, -0.2) is 0 Å². The Morgan fingerprint density at radius 1 is 1.23 bits per heavy atom. The van der Waals surface area contributed by atoms with E-state index in [4.69, 9.17) is 14.2 Å². The van der Waals surface area contributed by atoms with Crippen molar-refractivity contribution in [2.45, 2.75) is 6.92 Å². The van der Waals surface area contributed by atoms with Gasteiger partial charge < -0.3 is 19.1 Å². The van der Waals surface area contributed by atoms with Crippen molar-refractivity contribution in [3.05, 3.63) is 29.8 Å². The van der Waals surface area contributed by atoms with Gasteiger partial charge >= 0.3 is 5.97 Å². The Hall–Kier alpha value is -2.50. The first-order valence-corrected chi connectivity index (χ1v) is 6.82. The number of esters is 1. The second kappa shape index (κ2) is 8.71. The van der Waals surface area contributed by atoms with Crippen LogP contribution in [0.3, 0.4) is 0 Å². The molecule has 0 N–H and O–H groups in total. The lowest BCUT2D eigenvalue weighted by atomic mass is 10.1. The molecule has 120 valence electrons. The zero-order valence-electron chi connectivity index (χ0n) is 13.3. The average molecular weight is 307 g/mol. The van der Waals surface area contributed by atoms with Crippen LogP contribution in [0.5, 0.6) is 11.5 Å². The monoisotopic (exact) mass is 307 g/mol. The Kier molecular flexibility index (Phi) is 6.95. The van der Waals surface area contributed by atoms with Crippen LogP contribution in [0.1, 0.15) is 12.5 Å². The van der Waals surface area contributed by atoms with E-state index >= 15 is 0 Å². The minimum atomic E-state index is -0.439. The maximum atomic E-state index is 12.0. The fraction of sp³-hybridized carbons (Fsp3) is 0.375. The number of carbonyl (C=O) groups is 2. The molecule has 0 unspecified atom stereocenters. The summed E-state index contributed by atoms with van der Waals surface area (Å²) in [5.74, 6) is 0.536. The highest BCUT2D eigenvalue weighted by Gasteiger charge is 2.11. The Bertz CT molecular complexity index is 553. The van der Waals surface area contributed by atoms with Crippen molar-refractivity contribution in [2.24, 2.45) is 0 Å². The van der Waals surface area contributed by atoms with E-state index in [1.54, 1.807) is 45.4 Å². The minimum absolute atomic E-state index is 0.0910. The zero-order valence-corrected chi connectivity index (χ0v) is 13.3. The van der Waals surface area contributed by atoms with E-state index in [1.807, 2.05) is 0 Å². The van der Waals surface area contributed by atoms with Gasteiger partial charge in [-0.2, -0.15) is 0 Å². The van der Waals surface area contributed by atoms with E-state index in [0.29, 0.717) is 17.1 Å². The molecule has 1 aromatic carbocycles. The first-order valence-electron chi connectivity index (χ1n) is 6.82. The van der Waals surface area contributed by atoms with Gasteiger partial charge in [-0.1, -0.05) is 0 Å². The maximum absolute atomic E-state index is 12.0. The molecular weight excluding hydrogens is 286 g/mol. The fourth-order valence-corrected chi connectivity index (χ4v) is 1.74. The molecular formula is C16H21NO5. The molecule has 0 heterocycles. The summed E-state index contributed by atoms with van der Waals surface area (Å²) in [6.07, 6.45) is 2.99. The summed E-state index contributed by atoms with van der Waals surface area (Å²) >= 11 is 0. The highest BCUT2D eigenvalue weighted by Crippen LogP contribution is 2.25. The average Bonchev–Trinajstić information content (AvgIpc) is 2.52. The first-order chi connectivity index (χ1) is 10.5. The lowest BCUT2D eigenvalue weighted by Crippen LogP contribution is -2.31. The van der Waals surface area contributed by atoms with Crippen LogP contribution in [0.2, 0.25) is 0 Å². The van der Waals surface area contributed by atoms with E-state index in [-0.39, 0.29) is 19.1 Å². The highest BCUT2D eigenvalue weighted by molar-refractivity contribution is 5.93. The number of hydrogen-bond acceptors (Lipinski definition) is 5. The summed E-state index contributed by atoms with van der Waals surface area (Å²) in [5.41, 5.74) is 0.708. The van der Waals surface area contributed by atoms with Gasteiger partial charge in [-0.05, 0) is 31.2 Å². The van der Waals surface area contributed by atoms with E-state index < -0.39 is 5.97 Å². The van der Waals surface area contributed by atoms with Crippen molar-refractivity contribution in [3.8, 4) is 11.5 Å². The van der Waals surface area contributed by atoms with Crippen LogP contribution in [0.4, 0.5) is 0 Å². The largest absolute Gasteiger partial charge is 0.497 e. The number of amides is 1. The van der Waals surface area contributed by atoms with Crippen LogP contribution in [-0.4, -0.2) is 51.2 Å². The van der Waals surface area contributed by atoms with Gasteiger partial charge in [0, 0.05) is 18.7 Å². The Labute approximate surface area is 130 Å². The molecule has 22 heavy (non-hydrogen) atoms. The molecule has 1 amide bonds. The number of methoxy groups -OCH3 is 2. The molecule has 0 aliphatic heterocycles. The molecule has 0 aliphatic carbocycles. The van der Waals surface area contributed by atoms with Crippen LogP contribution < -0.4 is 9.47 Å². The number of benzene rings is 1. The lowest BCUT2D eigenvalue weighted by molar-refractivity contribution is -0.146. The van der Waals surface area contributed by atoms with Gasteiger partial charge in [0.2, 0.25) is 5.91 Å². The van der Waals surface area contributed by atoms with Crippen LogP contribution in [0.25, 0.3) is 6.08 Å². The molecule has 0 saturated carbocycles. The van der Waals surface area contributed by atoms with Crippen molar-refractivity contribution in [1.29, 1.82) is 0 Å². The smallest absolute Gasteiger partial charge is 0.325 e. The molecule has 0 aliphatic rings. The van der Waals surface area contributed by atoms with Gasteiger partial charge in [0.15, 0.2) is 0 Å². The topological polar surface area (TPSA) is 65.1 Å². The van der Waals surface area contributed by atoms with E-state index in [9.17, 15) is 9.59 Å². The van der Waals surface area contributed by atoms with Crippen molar-refractivity contribution < 1.29 is 23.8 Å². The standard InChI is InChI=1S/C16H21NO5/c1-5-22-16(19)11-17(2)15(18)9-6-12-10-13(20-3)7-8-14(12)21-4/h6-10H,5,11H2,1-4H3/b9-6+. The summed E-state index contributed by atoms with van der Waals surface area (Å²) in [5, 5.41) is 0. The Morgan fingerprint density at radius 2 is 1.95 bits per heavy atom. The summed E-state index contributed by atoms with van der Waals surface area (Å²) in [6.45, 7) is 1.92. The summed E-state index contributed by atoms with van der Waals surface area (Å²) < 4.78 is 15.2. The fourth-order valence-electron chi connectivity index (χ4n) is 1.74. The molecule has 6 heteroatoms. The van der Waals surface area contributed by atoms with Gasteiger partial charge in [-0.15, -0.1) is 0 Å². The van der Waals surface area contributed by atoms with Gasteiger partial charge in [-0.3, -0.25) is 9.59 Å². The van der Waals surface area contributed by atoms with Crippen molar-refractivity contribution in [1.82, 2.24) is 4.90 Å². The molecule has 0 bridgehead atoms. The number of hydrogen-bond donors (Lipinski definition) is 0. The molecule has 0 fully saturated rings. The number of carbonyl (C=O) groups excluding carboxylic acids is 2. The summed E-state index contributed by atoms with van der Waals surface area (Å²) in [4.78, 5) is 24.6. The molecule has 6 nitrogen and oxygen atoms in total. The molecule has 0 aromatic heterocycles. The predicted octanol–water partition coefficient (Wildman–Crippen LogP) is 1.74. The van der Waals surface area contributed by atoms with Crippen LogP contribution in [-0.2, 0) is 14.3 Å². The van der Waals surface area contributed by atoms with Crippen LogP contribution in [0.15, 0.2) is 24.3 Å². The van der Waals surface area contributed by atoms with Gasteiger partial charge in [0.05, 0.1) is 20.8 Å². The zero-order chi connectivity index (χ0) is 16.5. The van der Waals surface area contributed by atoms with Gasteiger partial charge in [0.25, 0.3) is 0 Å².